The summed E-state index contributed by atoms with van der Waals surface area (Å²) in [7, 11) is 1.40. The van der Waals surface area contributed by atoms with Crippen molar-refractivity contribution in [3.05, 3.63) is 34.9 Å². The number of imide groups is 1. The molecule has 2 amide bonds. The fourth-order valence-corrected chi connectivity index (χ4v) is 5.54. The largest absolute Gasteiger partial charge is 0.493 e. The van der Waals surface area contributed by atoms with Crippen molar-refractivity contribution < 1.29 is 29.0 Å². The van der Waals surface area contributed by atoms with Gasteiger partial charge in [-0.15, -0.1) is 0 Å². The molecule has 0 radical (unpaired) electrons. The van der Waals surface area contributed by atoms with Gasteiger partial charge in [0.1, 0.15) is 0 Å². The molecule has 8 nitrogen and oxygen atoms in total. The molecule has 1 aromatic rings. The Bertz CT molecular complexity index is 985. The van der Waals surface area contributed by atoms with E-state index >= 15 is 0 Å². The van der Waals surface area contributed by atoms with Crippen molar-refractivity contribution in [2.24, 2.45) is 40.6 Å². The molecule has 1 heterocycles. The first-order valence-corrected chi connectivity index (χ1v) is 10.1. The van der Waals surface area contributed by atoms with Gasteiger partial charge in [0.15, 0.2) is 18.1 Å². The molecule has 0 unspecified atom stereocenters. The molecule has 30 heavy (non-hydrogen) atoms. The number of hydrazone groups is 1. The number of methoxy groups -OCH3 is 1. The van der Waals surface area contributed by atoms with Gasteiger partial charge in [-0.2, -0.15) is 10.1 Å². The van der Waals surface area contributed by atoms with Gasteiger partial charge in [-0.25, -0.2) is 4.79 Å². The minimum Gasteiger partial charge on any atom is -0.493 e. The molecule has 0 aromatic heterocycles. The van der Waals surface area contributed by atoms with E-state index in [0.29, 0.717) is 17.4 Å². The molecular formula is C21H19ClN2O6. The number of nitrogens with zero attached hydrogens (tertiary/aromatic N) is 2. The van der Waals surface area contributed by atoms with Crippen molar-refractivity contribution in [3.63, 3.8) is 0 Å². The van der Waals surface area contributed by atoms with E-state index in [-0.39, 0.29) is 52.0 Å². The van der Waals surface area contributed by atoms with Crippen LogP contribution >= 0.6 is 11.6 Å². The highest BCUT2D eigenvalue weighted by molar-refractivity contribution is 6.32. The Kier molecular flexibility index (Phi) is 4.36. The lowest BCUT2D eigenvalue weighted by molar-refractivity contribution is -0.141. The normalized spacial score (nSPS) is 33.1. The van der Waals surface area contributed by atoms with Gasteiger partial charge in [0.25, 0.3) is 11.8 Å². The number of ether oxygens (including phenoxy) is 2. The van der Waals surface area contributed by atoms with E-state index in [1.165, 1.54) is 19.4 Å². The molecule has 1 aliphatic heterocycles. The van der Waals surface area contributed by atoms with Crippen LogP contribution in [0.3, 0.4) is 0 Å². The smallest absolute Gasteiger partial charge is 0.341 e. The molecule has 3 fully saturated rings. The number of halogens is 1. The zero-order chi connectivity index (χ0) is 21.2. The van der Waals surface area contributed by atoms with E-state index in [9.17, 15) is 14.4 Å². The van der Waals surface area contributed by atoms with Crippen molar-refractivity contribution in [1.29, 1.82) is 0 Å². The van der Waals surface area contributed by atoms with Crippen LogP contribution in [0.2, 0.25) is 5.02 Å². The average molecular weight is 431 g/mol. The second-order valence-corrected chi connectivity index (χ2v) is 8.51. The van der Waals surface area contributed by atoms with E-state index in [4.69, 9.17) is 26.2 Å². The first kappa shape index (κ1) is 19.1. The number of benzene rings is 1. The molecule has 0 spiro atoms. The summed E-state index contributed by atoms with van der Waals surface area (Å²) >= 11 is 6.20. The van der Waals surface area contributed by atoms with Crippen LogP contribution in [0.25, 0.3) is 0 Å². The van der Waals surface area contributed by atoms with Crippen LogP contribution < -0.4 is 9.47 Å². The van der Waals surface area contributed by atoms with Crippen LogP contribution in [0, 0.1) is 35.5 Å². The highest BCUT2D eigenvalue weighted by Crippen LogP contribution is 2.65. The Morgan fingerprint density at radius 3 is 2.43 bits per heavy atom. The number of carboxylic acid groups (broad SMARTS) is 1. The number of carbonyl (C=O) groups excluding carboxylic acids is 2. The maximum Gasteiger partial charge on any atom is 0.341 e. The Balaban J connectivity index is 1.38. The Morgan fingerprint density at radius 2 is 1.87 bits per heavy atom. The molecule has 1 saturated heterocycles. The fraction of sp³-hybridized carbons (Fsp3) is 0.429. The van der Waals surface area contributed by atoms with Gasteiger partial charge in [-0.1, -0.05) is 23.8 Å². The summed E-state index contributed by atoms with van der Waals surface area (Å²) < 4.78 is 10.4. The summed E-state index contributed by atoms with van der Waals surface area (Å²) in [6.45, 7) is -0.568. The van der Waals surface area contributed by atoms with Gasteiger partial charge < -0.3 is 14.6 Å². The molecule has 156 valence electrons. The van der Waals surface area contributed by atoms with Gasteiger partial charge in [-0.3, -0.25) is 9.59 Å². The van der Waals surface area contributed by atoms with Crippen LogP contribution in [0.1, 0.15) is 12.0 Å². The SMILES string of the molecule is COc1cc(/C=N\N2C(=O)[C@@H]3[C@H]4C=C[C@@H]([C@@H]5C[C@H]45)[C@H]3C2=O)cc(Cl)c1OCC(=O)O. The van der Waals surface area contributed by atoms with Gasteiger partial charge in [-0.05, 0) is 47.8 Å². The van der Waals surface area contributed by atoms with Crippen LogP contribution in [0.4, 0.5) is 0 Å². The number of hydrogen-bond donors (Lipinski definition) is 1. The minimum atomic E-state index is -1.15. The Labute approximate surface area is 177 Å². The predicted octanol–water partition coefficient (Wildman–Crippen LogP) is 2.20. The van der Waals surface area contributed by atoms with E-state index in [2.05, 4.69) is 17.3 Å². The minimum absolute atomic E-state index is 0.0972. The molecule has 6 atom stereocenters. The average Bonchev–Trinajstić information content (AvgIpc) is 3.50. The molecule has 4 aliphatic carbocycles. The molecule has 1 N–H and O–H groups in total. The highest BCUT2D eigenvalue weighted by atomic mass is 35.5. The molecule has 2 bridgehead atoms. The monoisotopic (exact) mass is 430 g/mol. The van der Waals surface area contributed by atoms with Crippen molar-refractivity contribution in [3.8, 4) is 11.5 Å². The fourth-order valence-electron chi connectivity index (χ4n) is 5.27. The third-order valence-corrected chi connectivity index (χ3v) is 6.83. The van der Waals surface area contributed by atoms with E-state index in [1.807, 2.05) is 0 Å². The van der Waals surface area contributed by atoms with Crippen molar-refractivity contribution >= 4 is 35.6 Å². The maximum atomic E-state index is 12.9. The zero-order valence-corrected chi connectivity index (χ0v) is 16.8. The number of carboxylic acids is 1. The zero-order valence-electron chi connectivity index (χ0n) is 16.0. The van der Waals surface area contributed by atoms with Gasteiger partial charge in [0, 0.05) is 0 Å². The lowest BCUT2D eigenvalue weighted by atomic mass is 9.63. The summed E-state index contributed by atoms with van der Waals surface area (Å²) in [5.74, 6) is -0.588. The molecule has 2 saturated carbocycles. The summed E-state index contributed by atoms with van der Waals surface area (Å²) in [5.41, 5.74) is 0.485. The first-order valence-electron chi connectivity index (χ1n) is 9.73. The van der Waals surface area contributed by atoms with Crippen molar-refractivity contribution in [2.45, 2.75) is 6.42 Å². The van der Waals surface area contributed by atoms with Crippen LogP contribution in [-0.2, 0) is 14.4 Å². The summed E-state index contributed by atoms with van der Waals surface area (Å²) in [4.78, 5) is 36.6. The standard InChI is InChI=1S/C21H19ClN2O6/c1-29-15-5-9(4-14(22)19(15)30-8-16(25)26)7-23-24-20(27)17-10-2-3-11(13-6-12(10)13)18(17)21(24)28/h2-5,7,10-13,17-18H,6,8H2,1H3,(H,25,26)/b23-7-/t10-,11-,12-,13+,17+,18+/m0/s1. The molecule has 6 rings (SSSR count). The van der Waals surface area contributed by atoms with Crippen LogP contribution in [-0.4, -0.2) is 47.8 Å². The molecule has 1 aromatic carbocycles. The maximum absolute atomic E-state index is 12.9. The molecule has 9 heteroatoms. The quantitative estimate of drug-likeness (QED) is 0.421. The Morgan fingerprint density at radius 1 is 1.23 bits per heavy atom. The van der Waals surface area contributed by atoms with E-state index < -0.39 is 12.6 Å². The topological polar surface area (TPSA) is 106 Å². The third kappa shape index (κ3) is 2.81. The molecule has 5 aliphatic rings. The second-order valence-electron chi connectivity index (χ2n) is 8.10. The summed E-state index contributed by atoms with van der Waals surface area (Å²) in [6.07, 6.45) is 6.70. The van der Waals surface area contributed by atoms with Gasteiger partial charge in [0.05, 0.1) is 30.2 Å². The second kappa shape index (κ2) is 6.84. The number of hydrogen-bond acceptors (Lipinski definition) is 6. The van der Waals surface area contributed by atoms with Gasteiger partial charge >= 0.3 is 5.97 Å². The first-order chi connectivity index (χ1) is 14.4. The van der Waals surface area contributed by atoms with Gasteiger partial charge in [0.2, 0.25) is 0 Å². The van der Waals surface area contributed by atoms with E-state index in [1.54, 1.807) is 6.07 Å². The number of aliphatic carboxylic acids is 1. The van der Waals surface area contributed by atoms with Crippen molar-refractivity contribution in [1.82, 2.24) is 5.01 Å². The van der Waals surface area contributed by atoms with Crippen LogP contribution in [0.15, 0.2) is 29.4 Å². The predicted molar refractivity (Wildman–Crippen MR) is 105 cm³/mol. The Hall–Kier alpha value is -2.87. The number of allylic oxidation sites excluding steroid dienone is 2. The lowest BCUT2D eigenvalue weighted by Crippen LogP contribution is -2.40. The lowest BCUT2D eigenvalue weighted by Gasteiger charge is -2.37. The summed E-state index contributed by atoms with van der Waals surface area (Å²) in [6, 6.07) is 3.05. The number of rotatable bonds is 6. The van der Waals surface area contributed by atoms with Crippen LogP contribution in [0.5, 0.6) is 11.5 Å². The third-order valence-electron chi connectivity index (χ3n) is 6.55. The highest BCUT2D eigenvalue weighted by Gasteiger charge is 2.67. The number of carbonyl (C=O) groups is 3. The number of amides is 2. The summed E-state index contributed by atoms with van der Waals surface area (Å²) in [5, 5.41) is 14.1. The van der Waals surface area contributed by atoms with Crippen molar-refractivity contribution in [2.75, 3.05) is 13.7 Å². The van der Waals surface area contributed by atoms with E-state index in [0.717, 1.165) is 11.4 Å². The molecular weight excluding hydrogens is 412 g/mol.